The summed E-state index contributed by atoms with van der Waals surface area (Å²) in [4.78, 5) is 16.8. The second kappa shape index (κ2) is 5.26. The number of hydrogen-bond acceptors (Lipinski definition) is 4. The van der Waals surface area contributed by atoms with Gasteiger partial charge in [-0.25, -0.2) is 9.78 Å². The highest BCUT2D eigenvalue weighted by molar-refractivity contribution is 7.12. The fraction of sp³-hybridized carbons (Fsp3) is 0.636. The van der Waals surface area contributed by atoms with E-state index in [-0.39, 0.29) is 5.97 Å². The van der Waals surface area contributed by atoms with Crippen LogP contribution >= 0.6 is 11.3 Å². The Morgan fingerprint density at radius 1 is 1.47 bits per heavy atom. The van der Waals surface area contributed by atoms with Crippen molar-refractivity contribution in [3.05, 3.63) is 15.6 Å². The van der Waals surface area contributed by atoms with Crippen LogP contribution in [0.5, 0.6) is 0 Å². The van der Waals surface area contributed by atoms with Gasteiger partial charge in [0.15, 0.2) is 5.69 Å². The summed E-state index contributed by atoms with van der Waals surface area (Å²) in [5, 5.41) is 0.928. The molecular formula is C11H17NO2S. The number of hydrogen-bond donors (Lipinski definition) is 0. The van der Waals surface area contributed by atoms with Gasteiger partial charge in [0.25, 0.3) is 0 Å². The van der Waals surface area contributed by atoms with Crippen LogP contribution in [0.25, 0.3) is 0 Å². The minimum absolute atomic E-state index is 0.318. The van der Waals surface area contributed by atoms with E-state index >= 15 is 0 Å². The van der Waals surface area contributed by atoms with E-state index in [0.717, 1.165) is 22.7 Å². The fourth-order valence-corrected chi connectivity index (χ4v) is 2.80. The van der Waals surface area contributed by atoms with E-state index < -0.39 is 0 Å². The zero-order valence-corrected chi connectivity index (χ0v) is 10.5. The molecule has 84 valence electrons. The minimum Gasteiger partial charge on any atom is -0.464 e. The van der Waals surface area contributed by atoms with E-state index in [0.29, 0.717) is 11.6 Å². The number of esters is 1. The first-order valence-electron chi connectivity index (χ1n) is 5.19. The summed E-state index contributed by atoms with van der Waals surface area (Å²) in [7, 11) is 1.40. The Labute approximate surface area is 94.5 Å². The normalized spacial score (nSPS) is 10.7. The van der Waals surface area contributed by atoms with Gasteiger partial charge in [-0.05, 0) is 25.7 Å². The summed E-state index contributed by atoms with van der Waals surface area (Å²) in [6.07, 6.45) is 2.06. The van der Waals surface area contributed by atoms with Crippen LogP contribution in [0.15, 0.2) is 0 Å². The maximum absolute atomic E-state index is 11.5. The topological polar surface area (TPSA) is 39.2 Å². The van der Waals surface area contributed by atoms with Gasteiger partial charge in [0, 0.05) is 4.88 Å². The van der Waals surface area contributed by atoms with Crippen LogP contribution in [0.3, 0.4) is 0 Å². The van der Waals surface area contributed by atoms with Gasteiger partial charge in [-0.2, -0.15) is 0 Å². The van der Waals surface area contributed by atoms with Crippen molar-refractivity contribution in [2.75, 3.05) is 7.11 Å². The number of rotatable bonds is 4. The third-order valence-electron chi connectivity index (χ3n) is 2.50. The molecule has 0 atom stereocenters. The smallest absolute Gasteiger partial charge is 0.357 e. The molecule has 1 heterocycles. The molecule has 0 saturated carbocycles. The number of aryl methyl sites for hydroxylation is 1. The Hall–Kier alpha value is -0.900. The molecular weight excluding hydrogens is 210 g/mol. The van der Waals surface area contributed by atoms with Gasteiger partial charge in [-0.15, -0.1) is 11.3 Å². The van der Waals surface area contributed by atoms with Crippen molar-refractivity contribution in [3.8, 4) is 0 Å². The highest BCUT2D eigenvalue weighted by Crippen LogP contribution is 2.31. The maximum atomic E-state index is 11.5. The lowest BCUT2D eigenvalue weighted by molar-refractivity contribution is 0.0593. The molecule has 0 aromatic carbocycles. The molecule has 0 N–H and O–H groups in total. The molecule has 1 aromatic heterocycles. The summed E-state index contributed by atoms with van der Waals surface area (Å²) in [5.74, 6) is 0.103. The summed E-state index contributed by atoms with van der Waals surface area (Å²) in [6, 6.07) is 0. The number of carbonyl (C=O) groups excluding carboxylic acids is 1. The van der Waals surface area contributed by atoms with E-state index in [1.165, 1.54) is 7.11 Å². The van der Waals surface area contributed by atoms with Crippen molar-refractivity contribution in [1.82, 2.24) is 4.98 Å². The number of thiazole rings is 1. The average molecular weight is 227 g/mol. The van der Waals surface area contributed by atoms with E-state index in [1.807, 2.05) is 6.92 Å². The molecule has 0 unspecified atom stereocenters. The molecule has 0 aliphatic rings. The number of carbonyl (C=O) groups is 1. The first-order valence-corrected chi connectivity index (χ1v) is 6.01. The Kier molecular flexibility index (Phi) is 4.27. The third kappa shape index (κ3) is 2.56. The molecule has 3 nitrogen and oxygen atoms in total. The Morgan fingerprint density at radius 2 is 2.07 bits per heavy atom. The lowest BCUT2D eigenvalue weighted by Crippen LogP contribution is -2.07. The highest BCUT2D eigenvalue weighted by atomic mass is 32.1. The van der Waals surface area contributed by atoms with Crippen LogP contribution < -0.4 is 0 Å². The van der Waals surface area contributed by atoms with Crippen molar-refractivity contribution in [3.63, 3.8) is 0 Å². The zero-order chi connectivity index (χ0) is 11.4. The SMILES string of the molecule is CCC(CC)c1sc(C)nc1C(=O)OC. The van der Waals surface area contributed by atoms with E-state index in [2.05, 4.69) is 18.8 Å². The monoisotopic (exact) mass is 227 g/mol. The molecule has 0 aliphatic carbocycles. The van der Waals surface area contributed by atoms with Crippen molar-refractivity contribution < 1.29 is 9.53 Å². The van der Waals surface area contributed by atoms with Gasteiger partial charge in [0.2, 0.25) is 0 Å². The first kappa shape index (κ1) is 12.2. The van der Waals surface area contributed by atoms with Gasteiger partial charge < -0.3 is 4.74 Å². The summed E-state index contributed by atoms with van der Waals surface area (Å²) < 4.78 is 4.73. The van der Waals surface area contributed by atoms with Crippen LogP contribution in [0, 0.1) is 6.92 Å². The molecule has 0 radical (unpaired) electrons. The summed E-state index contributed by atoms with van der Waals surface area (Å²) in [5.41, 5.74) is 0.508. The molecule has 0 spiro atoms. The molecule has 1 aromatic rings. The molecule has 0 saturated heterocycles. The molecule has 4 heteroatoms. The zero-order valence-electron chi connectivity index (χ0n) is 9.66. The van der Waals surface area contributed by atoms with E-state index in [4.69, 9.17) is 4.74 Å². The number of ether oxygens (including phenoxy) is 1. The second-order valence-electron chi connectivity index (χ2n) is 3.45. The van der Waals surface area contributed by atoms with Crippen LogP contribution in [0.4, 0.5) is 0 Å². The van der Waals surface area contributed by atoms with Gasteiger partial charge in [-0.3, -0.25) is 0 Å². The lowest BCUT2D eigenvalue weighted by Gasteiger charge is -2.10. The predicted molar refractivity (Wildman–Crippen MR) is 61.5 cm³/mol. The van der Waals surface area contributed by atoms with Crippen LogP contribution in [0.2, 0.25) is 0 Å². The first-order chi connectivity index (χ1) is 7.13. The maximum Gasteiger partial charge on any atom is 0.357 e. The van der Waals surface area contributed by atoms with Crippen LogP contribution in [-0.2, 0) is 4.74 Å². The molecule has 0 amide bonds. The molecule has 15 heavy (non-hydrogen) atoms. The number of aromatic nitrogens is 1. The van der Waals surface area contributed by atoms with Crippen molar-refractivity contribution in [2.24, 2.45) is 0 Å². The lowest BCUT2D eigenvalue weighted by atomic mass is 10.0. The Balaban J connectivity index is 3.10. The quantitative estimate of drug-likeness (QED) is 0.742. The number of nitrogens with zero attached hydrogens (tertiary/aromatic N) is 1. The Morgan fingerprint density at radius 3 is 2.53 bits per heavy atom. The van der Waals surface area contributed by atoms with Crippen LogP contribution in [-0.4, -0.2) is 18.1 Å². The largest absolute Gasteiger partial charge is 0.464 e. The van der Waals surface area contributed by atoms with Gasteiger partial charge in [0.1, 0.15) is 0 Å². The van der Waals surface area contributed by atoms with E-state index in [9.17, 15) is 4.79 Å². The second-order valence-corrected chi connectivity index (χ2v) is 4.69. The molecule has 0 fully saturated rings. The standard InChI is InChI=1S/C11H17NO2S/c1-5-8(6-2)10-9(11(13)14-4)12-7(3)15-10/h8H,5-6H2,1-4H3. The van der Waals surface area contributed by atoms with Crippen molar-refractivity contribution >= 4 is 17.3 Å². The molecule has 0 bridgehead atoms. The van der Waals surface area contributed by atoms with E-state index in [1.54, 1.807) is 11.3 Å². The van der Waals surface area contributed by atoms with Crippen molar-refractivity contribution in [2.45, 2.75) is 39.5 Å². The minimum atomic E-state index is -0.318. The fourth-order valence-electron chi connectivity index (χ4n) is 1.62. The summed E-state index contributed by atoms with van der Waals surface area (Å²) in [6.45, 7) is 6.18. The molecule has 1 rings (SSSR count). The van der Waals surface area contributed by atoms with Gasteiger partial charge in [-0.1, -0.05) is 13.8 Å². The predicted octanol–water partition coefficient (Wildman–Crippen LogP) is 3.14. The molecule has 0 aliphatic heterocycles. The number of methoxy groups -OCH3 is 1. The summed E-state index contributed by atoms with van der Waals surface area (Å²) >= 11 is 1.60. The Bertz CT molecular complexity index is 342. The average Bonchev–Trinajstić information content (AvgIpc) is 2.61. The van der Waals surface area contributed by atoms with Gasteiger partial charge in [0.05, 0.1) is 12.1 Å². The van der Waals surface area contributed by atoms with Crippen molar-refractivity contribution in [1.29, 1.82) is 0 Å². The van der Waals surface area contributed by atoms with Crippen LogP contribution in [0.1, 0.15) is 53.0 Å². The highest BCUT2D eigenvalue weighted by Gasteiger charge is 2.22. The van der Waals surface area contributed by atoms with Gasteiger partial charge >= 0.3 is 5.97 Å². The third-order valence-corrected chi connectivity index (χ3v) is 3.63.